The van der Waals surface area contributed by atoms with Crippen LogP contribution in [0.15, 0.2) is 35.3 Å². The highest BCUT2D eigenvalue weighted by Gasteiger charge is 2.12. The van der Waals surface area contributed by atoms with Crippen molar-refractivity contribution in [3.63, 3.8) is 0 Å². The van der Waals surface area contributed by atoms with E-state index in [9.17, 15) is 19.2 Å². The van der Waals surface area contributed by atoms with Crippen LogP contribution in [0.4, 0.5) is 4.79 Å². The van der Waals surface area contributed by atoms with Gasteiger partial charge >= 0.3 is 12.0 Å². The Morgan fingerprint density at radius 3 is 2.70 bits per heavy atom. The fourth-order valence-corrected chi connectivity index (χ4v) is 2.26. The van der Waals surface area contributed by atoms with Gasteiger partial charge in [-0.05, 0) is 18.1 Å². The quantitative estimate of drug-likeness (QED) is 0.692. The molecule has 0 aliphatic rings. The van der Waals surface area contributed by atoms with Gasteiger partial charge in [-0.3, -0.25) is 24.4 Å². The topological polar surface area (TPSA) is 119 Å². The Morgan fingerprint density at radius 2 is 1.96 bits per heavy atom. The molecule has 0 bridgehead atoms. The van der Waals surface area contributed by atoms with Gasteiger partial charge in [0, 0.05) is 11.9 Å². The van der Waals surface area contributed by atoms with Gasteiger partial charge in [0.2, 0.25) is 5.43 Å². The molecule has 1 aromatic carbocycles. The van der Waals surface area contributed by atoms with E-state index >= 15 is 0 Å². The molecule has 0 aliphatic heterocycles. The van der Waals surface area contributed by atoms with Gasteiger partial charge in [0.05, 0.1) is 24.7 Å². The predicted octanol–water partition coefficient (Wildman–Crippen LogP) is 0.812. The smallest absolute Gasteiger partial charge is 0.321 e. The second-order valence-corrected chi connectivity index (χ2v) is 6.31. The Bertz CT molecular complexity index is 891. The van der Waals surface area contributed by atoms with Crippen LogP contribution in [0.2, 0.25) is 0 Å². The van der Waals surface area contributed by atoms with Crippen molar-refractivity contribution in [3.8, 4) is 0 Å². The number of ether oxygens (including phenoxy) is 1. The lowest BCUT2D eigenvalue weighted by Crippen LogP contribution is -2.42. The molecule has 0 unspecified atom stereocenters. The number of para-hydroxylation sites is 1. The number of urea groups is 1. The summed E-state index contributed by atoms with van der Waals surface area (Å²) in [5.74, 6) is -1.07. The number of aromatic nitrogens is 2. The minimum absolute atomic E-state index is 0.0350. The maximum atomic E-state index is 11.8. The van der Waals surface area contributed by atoms with Crippen LogP contribution in [0, 0.1) is 5.92 Å². The van der Waals surface area contributed by atoms with Gasteiger partial charge in [-0.1, -0.05) is 26.0 Å². The molecule has 1 aromatic heterocycles. The van der Waals surface area contributed by atoms with Gasteiger partial charge in [-0.15, -0.1) is 0 Å². The van der Waals surface area contributed by atoms with E-state index < -0.39 is 24.5 Å². The maximum Gasteiger partial charge on any atom is 0.321 e. The molecule has 0 saturated heterocycles. The van der Waals surface area contributed by atoms with Crippen LogP contribution >= 0.6 is 0 Å². The minimum atomic E-state index is -0.712. The lowest BCUT2D eigenvalue weighted by atomic mass is 10.2. The van der Waals surface area contributed by atoms with Crippen molar-refractivity contribution in [3.05, 3.63) is 40.7 Å². The highest BCUT2D eigenvalue weighted by Crippen LogP contribution is 2.08. The lowest BCUT2D eigenvalue weighted by Gasteiger charge is -2.10. The van der Waals surface area contributed by atoms with E-state index in [1.807, 2.05) is 13.8 Å². The normalized spacial score (nSPS) is 10.6. The van der Waals surface area contributed by atoms with E-state index in [4.69, 9.17) is 4.74 Å². The molecule has 27 heavy (non-hydrogen) atoms. The molecule has 0 aliphatic carbocycles. The van der Waals surface area contributed by atoms with E-state index in [0.29, 0.717) is 17.4 Å². The zero-order valence-corrected chi connectivity index (χ0v) is 15.2. The number of hydrogen-bond donors (Lipinski definition) is 2. The molecule has 2 N–H and O–H groups in total. The van der Waals surface area contributed by atoms with Gasteiger partial charge in [-0.2, -0.15) is 5.10 Å². The van der Waals surface area contributed by atoms with Crippen molar-refractivity contribution in [2.75, 3.05) is 13.2 Å². The van der Waals surface area contributed by atoms with Gasteiger partial charge in [0.25, 0.3) is 5.91 Å². The summed E-state index contributed by atoms with van der Waals surface area (Å²) in [4.78, 5) is 46.6. The first kappa shape index (κ1) is 20.1. The lowest BCUT2D eigenvalue weighted by molar-refractivity contribution is -0.148. The van der Waals surface area contributed by atoms with Crippen molar-refractivity contribution < 1.29 is 19.1 Å². The number of aryl methyl sites for hydroxylation is 1. The van der Waals surface area contributed by atoms with Crippen LogP contribution in [-0.2, 0) is 20.9 Å². The fraction of sp³-hybridized carbons (Fsp3) is 0.389. The average Bonchev–Trinajstić information content (AvgIpc) is 2.64. The van der Waals surface area contributed by atoms with Crippen LogP contribution in [-0.4, -0.2) is 40.8 Å². The van der Waals surface area contributed by atoms with E-state index in [1.54, 1.807) is 24.3 Å². The molecule has 0 fully saturated rings. The molecule has 0 spiro atoms. The number of imide groups is 1. The van der Waals surface area contributed by atoms with Gasteiger partial charge < -0.3 is 10.1 Å². The summed E-state index contributed by atoms with van der Waals surface area (Å²) in [5, 5.41) is 9.12. The number of esters is 1. The third kappa shape index (κ3) is 6.21. The zero-order valence-electron chi connectivity index (χ0n) is 15.2. The molecule has 9 heteroatoms. The monoisotopic (exact) mass is 374 g/mol. The Hall–Kier alpha value is -3.23. The number of hydrogen-bond acceptors (Lipinski definition) is 6. The molecule has 0 radical (unpaired) electrons. The van der Waals surface area contributed by atoms with E-state index in [0.717, 1.165) is 0 Å². The first-order valence-electron chi connectivity index (χ1n) is 8.55. The van der Waals surface area contributed by atoms with Crippen molar-refractivity contribution in [1.29, 1.82) is 0 Å². The maximum absolute atomic E-state index is 11.8. The molecule has 9 nitrogen and oxygen atoms in total. The standard InChI is InChI=1S/C18H22N4O5/c1-12(2)9-19-18(26)21-16(24)11-27-17(25)7-8-22-14-6-4-3-5-13(14)15(23)10-20-22/h3-6,10,12H,7-9,11H2,1-2H3,(H2,19,21,24,26). The molecule has 1 heterocycles. The summed E-state index contributed by atoms with van der Waals surface area (Å²) in [6.07, 6.45) is 1.16. The molecule has 0 saturated carbocycles. The Morgan fingerprint density at radius 1 is 1.22 bits per heavy atom. The fourth-order valence-electron chi connectivity index (χ4n) is 2.26. The number of nitrogens with one attached hydrogen (secondary N) is 2. The molecule has 2 rings (SSSR count). The Balaban J connectivity index is 1.80. The van der Waals surface area contributed by atoms with E-state index in [-0.39, 0.29) is 24.3 Å². The van der Waals surface area contributed by atoms with Crippen LogP contribution in [0.5, 0.6) is 0 Å². The molecular weight excluding hydrogens is 352 g/mol. The third-order valence-electron chi connectivity index (χ3n) is 3.58. The number of rotatable bonds is 7. The largest absolute Gasteiger partial charge is 0.456 e. The first-order chi connectivity index (χ1) is 12.9. The van der Waals surface area contributed by atoms with Crippen LogP contribution in [0.1, 0.15) is 20.3 Å². The molecule has 0 atom stereocenters. The number of carbonyl (C=O) groups is 3. The number of carbonyl (C=O) groups excluding carboxylic acids is 3. The highest BCUT2D eigenvalue weighted by atomic mass is 16.5. The van der Waals surface area contributed by atoms with Crippen molar-refractivity contribution in [1.82, 2.24) is 20.4 Å². The Kier molecular flexibility index (Phi) is 7.04. The van der Waals surface area contributed by atoms with Crippen molar-refractivity contribution >= 4 is 28.8 Å². The summed E-state index contributed by atoms with van der Waals surface area (Å²) in [7, 11) is 0. The molecular formula is C18H22N4O5. The third-order valence-corrected chi connectivity index (χ3v) is 3.58. The van der Waals surface area contributed by atoms with Crippen molar-refractivity contribution in [2.45, 2.75) is 26.8 Å². The van der Waals surface area contributed by atoms with Crippen molar-refractivity contribution in [2.24, 2.45) is 5.92 Å². The summed E-state index contributed by atoms with van der Waals surface area (Å²) < 4.78 is 6.38. The predicted molar refractivity (Wildman–Crippen MR) is 98.0 cm³/mol. The number of benzene rings is 1. The number of nitrogens with zero attached hydrogens (tertiary/aromatic N) is 2. The summed E-state index contributed by atoms with van der Waals surface area (Å²) in [5.41, 5.74) is 0.411. The van der Waals surface area contributed by atoms with Crippen LogP contribution in [0.25, 0.3) is 10.9 Å². The van der Waals surface area contributed by atoms with Crippen LogP contribution < -0.4 is 16.1 Å². The molecule has 2 aromatic rings. The second-order valence-electron chi connectivity index (χ2n) is 6.31. The number of amides is 3. The number of fused-ring (bicyclic) bond motifs is 1. The summed E-state index contributed by atoms with van der Waals surface area (Å²) >= 11 is 0. The van der Waals surface area contributed by atoms with Gasteiger partial charge in [0.15, 0.2) is 6.61 Å². The Labute approximate surface area is 155 Å². The highest BCUT2D eigenvalue weighted by molar-refractivity contribution is 5.95. The van der Waals surface area contributed by atoms with Crippen LogP contribution in [0.3, 0.4) is 0 Å². The molecule has 144 valence electrons. The van der Waals surface area contributed by atoms with Gasteiger partial charge in [-0.25, -0.2) is 4.79 Å². The average molecular weight is 374 g/mol. The first-order valence-corrected chi connectivity index (χ1v) is 8.55. The molecule has 3 amide bonds. The van der Waals surface area contributed by atoms with E-state index in [2.05, 4.69) is 15.7 Å². The van der Waals surface area contributed by atoms with Gasteiger partial charge in [0.1, 0.15) is 0 Å². The summed E-state index contributed by atoms with van der Waals surface area (Å²) in [6, 6.07) is 6.31. The SMILES string of the molecule is CC(C)CNC(=O)NC(=O)COC(=O)CCn1ncc(=O)c2ccccc21. The summed E-state index contributed by atoms with van der Waals surface area (Å²) in [6.45, 7) is 3.91. The van der Waals surface area contributed by atoms with E-state index in [1.165, 1.54) is 10.9 Å². The minimum Gasteiger partial charge on any atom is -0.456 e. The second kappa shape index (κ2) is 9.46. The zero-order chi connectivity index (χ0) is 19.8.